The maximum atomic E-state index is 13.6. The van der Waals surface area contributed by atoms with Crippen molar-refractivity contribution in [1.29, 1.82) is 5.41 Å². The van der Waals surface area contributed by atoms with E-state index in [1.165, 1.54) is 23.5 Å². The molecule has 158 valence electrons. The summed E-state index contributed by atoms with van der Waals surface area (Å²) in [4.78, 5) is 19.0. The quantitative estimate of drug-likeness (QED) is 0.540. The lowest BCUT2D eigenvalue weighted by Crippen LogP contribution is -2.23. The highest BCUT2D eigenvalue weighted by Gasteiger charge is 2.52. The predicted octanol–water partition coefficient (Wildman–Crippen LogP) is 3.93. The maximum Gasteiger partial charge on any atom is 0.265 e. The summed E-state index contributed by atoms with van der Waals surface area (Å²) in [6.07, 6.45) is 3.54. The second-order valence-electron chi connectivity index (χ2n) is 7.84. The van der Waals surface area contributed by atoms with E-state index in [0.29, 0.717) is 16.3 Å². The minimum Gasteiger partial charge on any atom is -0.383 e. The van der Waals surface area contributed by atoms with Gasteiger partial charge in [-0.25, -0.2) is 4.39 Å². The first kappa shape index (κ1) is 21.0. The van der Waals surface area contributed by atoms with Crippen LogP contribution < -0.4 is 5.32 Å². The van der Waals surface area contributed by atoms with E-state index < -0.39 is 0 Å². The summed E-state index contributed by atoms with van der Waals surface area (Å²) in [6.45, 7) is 0.786. The molecule has 2 atom stereocenters. The highest BCUT2D eigenvalue weighted by molar-refractivity contribution is 7.14. The Morgan fingerprint density at radius 1 is 1.43 bits per heavy atom. The van der Waals surface area contributed by atoms with Gasteiger partial charge in [0.1, 0.15) is 12.0 Å². The summed E-state index contributed by atoms with van der Waals surface area (Å²) < 4.78 is 13.6. The van der Waals surface area contributed by atoms with Crippen LogP contribution in [0.2, 0.25) is 0 Å². The number of aryl methyl sites for hydroxylation is 1. The van der Waals surface area contributed by atoms with E-state index in [1.54, 1.807) is 6.07 Å². The minimum absolute atomic E-state index is 0.00880. The number of benzene rings is 1. The highest BCUT2D eigenvalue weighted by Crippen LogP contribution is 2.38. The zero-order chi connectivity index (χ0) is 21.4. The average Bonchev–Trinajstić information content (AvgIpc) is 3.34. The van der Waals surface area contributed by atoms with E-state index in [2.05, 4.69) is 5.32 Å². The number of fused-ring (bicyclic) bond motifs is 1. The van der Waals surface area contributed by atoms with Crippen LogP contribution in [0.4, 0.5) is 4.39 Å². The first-order valence-corrected chi connectivity index (χ1v) is 11.1. The largest absolute Gasteiger partial charge is 0.383 e. The van der Waals surface area contributed by atoms with Gasteiger partial charge < -0.3 is 15.6 Å². The van der Waals surface area contributed by atoms with Crippen LogP contribution in [0.3, 0.4) is 0 Å². The van der Waals surface area contributed by atoms with Crippen LogP contribution >= 0.6 is 22.9 Å². The predicted molar refractivity (Wildman–Crippen MR) is 120 cm³/mol. The molecular weight excluding hydrogens is 423 g/mol. The Morgan fingerprint density at radius 2 is 2.23 bits per heavy atom. The van der Waals surface area contributed by atoms with Gasteiger partial charge >= 0.3 is 0 Å². The molecule has 1 aromatic carbocycles. The molecule has 2 N–H and O–H groups in total. The standard InChI is InChI=1S/C22H24ClFN4OS/c1-27(2)21-17(10-13-5-3-6-14(24)9-13)28(21)22(29)19-11-15-18(30-19)7-4-8-26-20(15)16(23)12-25/h3,5-6,9,11-12,17,21,25-26H,4,7-8,10H2,1-2H3/b20-16+,25-12?/t17-,21?,28?/m0/s1. The number of nitrogens with zero attached hydrogens (tertiary/aromatic N) is 2. The van der Waals surface area contributed by atoms with E-state index in [0.717, 1.165) is 47.3 Å². The van der Waals surface area contributed by atoms with Gasteiger partial charge in [0.05, 0.1) is 21.6 Å². The van der Waals surface area contributed by atoms with E-state index in [9.17, 15) is 9.18 Å². The summed E-state index contributed by atoms with van der Waals surface area (Å²) in [6, 6.07) is 8.46. The molecule has 8 heteroatoms. The lowest BCUT2D eigenvalue weighted by atomic mass is 10.1. The van der Waals surface area contributed by atoms with Crippen LogP contribution in [-0.2, 0) is 12.8 Å². The molecule has 30 heavy (non-hydrogen) atoms. The Bertz CT molecular complexity index is 1020. The Hall–Kier alpha value is -2.22. The molecule has 0 spiro atoms. The number of allylic oxidation sites excluding steroid dienone is 1. The van der Waals surface area contributed by atoms with Crippen LogP contribution in [0.15, 0.2) is 35.4 Å². The normalized spacial score (nSPS) is 22.2. The third-order valence-electron chi connectivity index (χ3n) is 5.53. The number of amides is 1. The number of carbonyl (C=O) groups excluding carboxylic acids is 1. The lowest BCUT2D eigenvalue weighted by molar-refractivity contribution is 0.0847. The number of likely N-dealkylation sites (N-methyl/N-ethyl adjacent to an activating group) is 1. The number of nitrogens with one attached hydrogen (secondary N) is 2. The third kappa shape index (κ3) is 4.02. The van der Waals surface area contributed by atoms with Gasteiger partial charge in [0.15, 0.2) is 0 Å². The first-order valence-electron chi connectivity index (χ1n) is 9.91. The van der Waals surface area contributed by atoms with Crippen molar-refractivity contribution in [1.82, 2.24) is 15.1 Å². The fourth-order valence-electron chi connectivity index (χ4n) is 4.14. The van der Waals surface area contributed by atoms with Gasteiger partial charge in [-0.3, -0.25) is 9.69 Å². The average molecular weight is 447 g/mol. The zero-order valence-corrected chi connectivity index (χ0v) is 18.5. The molecular formula is C22H24ClFN4OS. The smallest absolute Gasteiger partial charge is 0.265 e. The van der Waals surface area contributed by atoms with Crippen molar-refractivity contribution in [2.75, 3.05) is 20.6 Å². The Morgan fingerprint density at radius 3 is 2.93 bits per heavy atom. The van der Waals surface area contributed by atoms with E-state index in [-0.39, 0.29) is 23.9 Å². The van der Waals surface area contributed by atoms with Crippen molar-refractivity contribution in [2.45, 2.75) is 31.5 Å². The van der Waals surface area contributed by atoms with Gasteiger partial charge in [0.25, 0.3) is 5.91 Å². The Balaban J connectivity index is 1.60. The van der Waals surface area contributed by atoms with Crippen molar-refractivity contribution < 1.29 is 9.18 Å². The molecule has 0 saturated carbocycles. The molecule has 0 radical (unpaired) electrons. The van der Waals surface area contributed by atoms with Crippen molar-refractivity contribution in [3.8, 4) is 0 Å². The minimum atomic E-state index is -0.260. The number of carbonyl (C=O) groups is 1. The van der Waals surface area contributed by atoms with Gasteiger partial charge in [-0.1, -0.05) is 23.7 Å². The summed E-state index contributed by atoms with van der Waals surface area (Å²) in [7, 11) is 3.91. The van der Waals surface area contributed by atoms with Crippen LogP contribution in [0, 0.1) is 11.2 Å². The zero-order valence-electron chi connectivity index (χ0n) is 16.9. The third-order valence-corrected chi connectivity index (χ3v) is 7.01. The first-order chi connectivity index (χ1) is 14.4. The van der Waals surface area contributed by atoms with E-state index in [1.807, 2.05) is 36.0 Å². The van der Waals surface area contributed by atoms with Gasteiger partial charge in [-0.05, 0) is 57.1 Å². The molecule has 0 aliphatic carbocycles. The summed E-state index contributed by atoms with van der Waals surface area (Å²) in [5, 5.41) is 11.1. The van der Waals surface area contributed by atoms with Gasteiger partial charge in [0.2, 0.25) is 0 Å². The molecule has 5 nitrogen and oxygen atoms in total. The summed E-state index contributed by atoms with van der Waals surface area (Å²) in [5.41, 5.74) is 2.52. The number of hydrogen-bond acceptors (Lipinski definition) is 5. The highest BCUT2D eigenvalue weighted by atomic mass is 35.5. The van der Waals surface area contributed by atoms with Crippen molar-refractivity contribution >= 4 is 40.8 Å². The van der Waals surface area contributed by atoms with Crippen LogP contribution in [-0.4, -0.2) is 54.8 Å². The van der Waals surface area contributed by atoms with E-state index in [4.69, 9.17) is 17.0 Å². The molecule has 1 unspecified atom stereocenters. The molecule has 1 fully saturated rings. The van der Waals surface area contributed by atoms with E-state index >= 15 is 0 Å². The van der Waals surface area contributed by atoms with Crippen LogP contribution in [0.1, 0.15) is 32.1 Å². The van der Waals surface area contributed by atoms with Crippen molar-refractivity contribution in [3.63, 3.8) is 0 Å². The lowest BCUT2D eigenvalue weighted by Gasteiger charge is -2.09. The number of halogens is 2. The molecule has 3 heterocycles. The molecule has 4 rings (SSSR count). The van der Waals surface area contributed by atoms with Crippen LogP contribution in [0.25, 0.3) is 5.70 Å². The Kier molecular flexibility index (Phi) is 5.95. The molecule has 1 amide bonds. The number of hydrogen-bond donors (Lipinski definition) is 2. The molecule has 1 aromatic heterocycles. The fourth-order valence-corrected chi connectivity index (χ4v) is 5.46. The topological polar surface area (TPSA) is 59.2 Å². The molecule has 2 aliphatic rings. The Labute approximate surface area is 184 Å². The SMILES string of the molecule is CN(C)C1[C@H](Cc2cccc(F)c2)N1C(=O)c1cc2c(s1)CCCN/C2=C(/Cl)C=N. The molecule has 1 saturated heterocycles. The maximum absolute atomic E-state index is 13.6. The second kappa shape index (κ2) is 8.49. The molecule has 2 aliphatic heterocycles. The molecule has 2 aromatic rings. The summed E-state index contributed by atoms with van der Waals surface area (Å²) >= 11 is 7.75. The van der Waals surface area contributed by atoms with Gasteiger partial charge in [-0.15, -0.1) is 11.3 Å². The number of thiophene rings is 1. The monoisotopic (exact) mass is 446 g/mol. The molecule has 0 bridgehead atoms. The van der Waals surface area contributed by atoms with Crippen molar-refractivity contribution in [2.24, 2.45) is 0 Å². The second-order valence-corrected chi connectivity index (χ2v) is 9.38. The van der Waals surface area contributed by atoms with Gasteiger partial charge in [-0.2, -0.15) is 0 Å². The summed E-state index contributed by atoms with van der Waals surface area (Å²) in [5.74, 6) is -0.275. The van der Waals surface area contributed by atoms with Crippen LogP contribution in [0.5, 0.6) is 0 Å². The van der Waals surface area contributed by atoms with Gasteiger partial charge in [0, 0.05) is 23.2 Å². The van der Waals surface area contributed by atoms with Crippen molar-refractivity contribution in [3.05, 3.63) is 62.1 Å². The fraction of sp³-hybridized carbons (Fsp3) is 0.364. The number of rotatable bonds is 5.